The maximum absolute atomic E-state index is 14.4. The Balaban J connectivity index is 1.78. The third kappa shape index (κ3) is 11.3. The van der Waals surface area contributed by atoms with Gasteiger partial charge in [-0.2, -0.15) is 0 Å². The molecule has 0 radical (unpaired) electrons. The fraction of sp³-hybridized carbons (Fsp3) is 0.778. The summed E-state index contributed by atoms with van der Waals surface area (Å²) in [7, 11) is 6.40. The second-order valence-electron chi connectivity index (χ2n) is 17.5. The van der Waals surface area contributed by atoms with Crippen LogP contribution in [0.4, 0.5) is 0 Å². The van der Waals surface area contributed by atoms with Gasteiger partial charge in [-0.05, 0) is 95.5 Å². The lowest BCUT2D eigenvalue weighted by Crippen LogP contribution is -2.64. The Labute approximate surface area is 345 Å². The molecule has 4 aliphatic rings. The molecule has 13 nitrogen and oxygen atoms in total. The number of hydrogen-bond acceptors (Lipinski definition) is 12. The average molecular weight is 818 g/mol. The number of aliphatic hydroxyl groups excluding tert-OH is 1. The summed E-state index contributed by atoms with van der Waals surface area (Å²) in [5.41, 5.74) is 1.67. The number of piperidine rings is 1. The van der Waals surface area contributed by atoms with E-state index in [0.717, 1.165) is 18.4 Å². The van der Waals surface area contributed by atoms with Gasteiger partial charge < -0.3 is 43.5 Å². The molecule has 1 saturated carbocycles. The standard InChI is InChI=1S/C45H71NO12/c1-11-14-32-20-26(2)19-27(3)21-38(55-9)41-39(56-10)23-29(5)45(52,58-41)42(49)43(50)46-18-13-12-15-33(46)44(51)57-40(30(6)34(47)25-35(32)48)28(4)22-31-16-17-36(53-7)37(24-31)54-8/h11,20,22,27,29-34,36-41,47,52H,1,12-19,21,23-25H2,2-10H3/b26-20-,28-22+/t27-,29-,30-,31+,32+,33+,34+,36-,37-,38-,39+,40-,41-,45-/m1/s1. The van der Waals surface area contributed by atoms with E-state index < -0.39 is 77.8 Å². The number of rotatable bonds is 8. The lowest BCUT2D eigenvalue weighted by molar-refractivity contribution is -0.302. The SMILES string of the molecule is C=CC[C@H]1/C=C(/C)C[C@@H](C)C[C@@H](OC)[C@H]2O[C@@](O)(C(=O)C(=O)N3CCCC[C@H]3C(=O)O[C@H](/C(C)=C/[C@@H]3CC[C@@H](OC)[C@H](OC)C3)[C@H](C)[C@@H](O)CC1=O)[C@H](C)C[C@@H]2OC. The van der Waals surface area contributed by atoms with Gasteiger partial charge in [0.2, 0.25) is 5.79 Å². The zero-order valence-corrected chi connectivity index (χ0v) is 36.4. The number of aliphatic hydroxyl groups is 2. The van der Waals surface area contributed by atoms with Gasteiger partial charge in [0.25, 0.3) is 11.7 Å². The number of carbonyl (C=O) groups is 4. The van der Waals surface area contributed by atoms with Crippen LogP contribution in [0.2, 0.25) is 0 Å². The van der Waals surface area contributed by atoms with Crippen molar-refractivity contribution in [2.24, 2.45) is 29.6 Å². The van der Waals surface area contributed by atoms with E-state index in [9.17, 15) is 29.4 Å². The van der Waals surface area contributed by atoms with Crippen molar-refractivity contribution >= 4 is 23.4 Å². The highest BCUT2D eigenvalue weighted by atomic mass is 16.7. The van der Waals surface area contributed by atoms with E-state index in [1.54, 1.807) is 34.1 Å². The molecule has 0 unspecified atom stereocenters. The van der Waals surface area contributed by atoms with Crippen molar-refractivity contribution in [3.8, 4) is 0 Å². The first-order chi connectivity index (χ1) is 27.5. The number of esters is 1. The molecule has 0 aromatic rings. The van der Waals surface area contributed by atoms with E-state index in [2.05, 4.69) is 12.7 Å². The quantitative estimate of drug-likeness (QED) is 0.185. The van der Waals surface area contributed by atoms with Gasteiger partial charge in [-0.15, -0.1) is 6.58 Å². The Hall–Kier alpha value is -2.78. The lowest BCUT2D eigenvalue weighted by Gasteiger charge is -2.47. The van der Waals surface area contributed by atoms with Gasteiger partial charge in [0, 0.05) is 59.2 Å². The summed E-state index contributed by atoms with van der Waals surface area (Å²) in [5, 5.41) is 23.8. The summed E-state index contributed by atoms with van der Waals surface area (Å²) in [4.78, 5) is 58.0. The molecule has 2 N–H and O–H groups in total. The number of carbonyl (C=O) groups excluding carboxylic acids is 4. The molecule has 1 amide bonds. The molecule has 2 saturated heterocycles. The number of fused-ring (bicyclic) bond motifs is 3. The van der Waals surface area contributed by atoms with Gasteiger partial charge in [0.05, 0.1) is 30.5 Å². The van der Waals surface area contributed by atoms with Crippen LogP contribution in [0, 0.1) is 29.6 Å². The predicted octanol–water partition coefficient (Wildman–Crippen LogP) is 5.29. The molecule has 58 heavy (non-hydrogen) atoms. The van der Waals surface area contributed by atoms with Crippen LogP contribution in [0.15, 0.2) is 36.0 Å². The molecule has 0 spiro atoms. The highest BCUT2D eigenvalue weighted by molar-refractivity contribution is 6.39. The average Bonchev–Trinajstić information content (AvgIpc) is 3.21. The Bertz CT molecular complexity index is 1500. The molecule has 3 fully saturated rings. The first-order valence-electron chi connectivity index (χ1n) is 21.3. The summed E-state index contributed by atoms with van der Waals surface area (Å²) in [5.74, 6) is -7.56. The van der Waals surface area contributed by atoms with Gasteiger partial charge in [-0.25, -0.2) is 4.79 Å². The van der Waals surface area contributed by atoms with Crippen LogP contribution in [-0.2, 0) is 47.6 Å². The number of nitrogens with zero attached hydrogens (tertiary/aromatic N) is 1. The summed E-state index contributed by atoms with van der Waals surface area (Å²) < 4.78 is 35.7. The second kappa shape index (κ2) is 21.7. The van der Waals surface area contributed by atoms with Crippen molar-refractivity contribution in [1.29, 1.82) is 0 Å². The Morgan fingerprint density at radius 1 is 0.914 bits per heavy atom. The molecule has 3 heterocycles. The molecular formula is C45H71NO12. The van der Waals surface area contributed by atoms with E-state index in [0.29, 0.717) is 44.1 Å². The number of ether oxygens (including phenoxy) is 6. The number of allylic oxidation sites excluding steroid dienone is 4. The topological polar surface area (TPSA) is 167 Å². The van der Waals surface area contributed by atoms with Crippen molar-refractivity contribution < 1.29 is 57.8 Å². The number of methoxy groups -OCH3 is 4. The molecule has 13 heteroatoms. The van der Waals surface area contributed by atoms with E-state index in [4.69, 9.17) is 28.4 Å². The predicted molar refractivity (Wildman–Crippen MR) is 217 cm³/mol. The molecule has 328 valence electrons. The minimum absolute atomic E-state index is 0.0165. The monoisotopic (exact) mass is 817 g/mol. The first-order valence-corrected chi connectivity index (χ1v) is 21.3. The van der Waals surface area contributed by atoms with Crippen LogP contribution in [-0.4, -0.2) is 128 Å². The fourth-order valence-electron chi connectivity index (χ4n) is 9.68. The maximum atomic E-state index is 14.4. The van der Waals surface area contributed by atoms with E-state index in [-0.39, 0.29) is 55.6 Å². The summed E-state index contributed by atoms with van der Waals surface area (Å²) >= 11 is 0. The van der Waals surface area contributed by atoms with Gasteiger partial charge in [-0.1, -0.05) is 44.6 Å². The summed E-state index contributed by atoms with van der Waals surface area (Å²) in [6.07, 6.45) is 6.48. The molecule has 1 aliphatic carbocycles. The summed E-state index contributed by atoms with van der Waals surface area (Å²) in [6, 6.07) is -1.13. The van der Waals surface area contributed by atoms with Crippen molar-refractivity contribution in [2.45, 2.75) is 160 Å². The fourth-order valence-corrected chi connectivity index (χ4v) is 9.68. The van der Waals surface area contributed by atoms with Crippen LogP contribution >= 0.6 is 0 Å². The zero-order valence-electron chi connectivity index (χ0n) is 36.4. The largest absolute Gasteiger partial charge is 0.456 e. The van der Waals surface area contributed by atoms with Crippen LogP contribution in [0.5, 0.6) is 0 Å². The maximum Gasteiger partial charge on any atom is 0.329 e. The Morgan fingerprint density at radius 2 is 1.57 bits per heavy atom. The molecule has 0 aromatic heterocycles. The van der Waals surface area contributed by atoms with E-state index >= 15 is 0 Å². The third-order valence-corrected chi connectivity index (χ3v) is 13.2. The molecule has 14 atom stereocenters. The van der Waals surface area contributed by atoms with E-state index in [1.165, 1.54) is 19.1 Å². The minimum Gasteiger partial charge on any atom is -0.456 e. The van der Waals surface area contributed by atoms with Crippen LogP contribution in [0.25, 0.3) is 0 Å². The second-order valence-corrected chi connectivity index (χ2v) is 17.5. The third-order valence-electron chi connectivity index (χ3n) is 13.2. The first kappa shape index (κ1) is 47.9. The van der Waals surface area contributed by atoms with Crippen LogP contribution in [0.1, 0.15) is 105 Å². The smallest absolute Gasteiger partial charge is 0.329 e. The minimum atomic E-state index is -2.50. The number of amides is 1. The Kier molecular flexibility index (Phi) is 17.9. The number of hydrogen-bond donors (Lipinski definition) is 2. The normalized spacial score (nSPS) is 40.5. The van der Waals surface area contributed by atoms with Crippen molar-refractivity contribution in [2.75, 3.05) is 35.0 Å². The summed E-state index contributed by atoms with van der Waals surface area (Å²) in [6.45, 7) is 13.2. The molecule has 3 aliphatic heterocycles. The van der Waals surface area contributed by atoms with Gasteiger partial charge in [0.1, 0.15) is 24.0 Å². The van der Waals surface area contributed by atoms with Gasteiger partial charge in [0.15, 0.2) is 0 Å². The molecule has 4 rings (SSSR count). The van der Waals surface area contributed by atoms with Crippen molar-refractivity contribution in [3.05, 3.63) is 36.0 Å². The molecule has 0 aromatic carbocycles. The van der Waals surface area contributed by atoms with Crippen molar-refractivity contribution in [3.63, 3.8) is 0 Å². The number of ketones is 2. The van der Waals surface area contributed by atoms with E-state index in [1.807, 2.05) is 26.8 Å². The number of cyclic esters (lactones) is 1. The highest BCUT2D eigenvalue weighted by Gasteiger charge is 2.56. The zero-order chi connectivity index (χ0) is 42.9. The molecule has 2 bridgehead atoms. The van der Waals surface area contributed by atoms with Crippen LogP contribution in [0.3, 0.4) is 0 Å². The lowest BCUT2D eigenvalue weighted by atomic mass is 9.81. The van der Waals surface area contributed by atoms with Crippen LogP contribution < -0.4 is 0 Å². The Morgan fingerprint density at radius 3 is 2.21 bits per heavy atom. The highest BCUT2D eigenvalue weighted by Crippen LogP contribution is 2.39. The molecular weight excluding hydrogens is 746 g/mol. The number of Topliss-reactive ketones (excluding diaryl/α,β-unsaturated/α-hetero) is 2. The van der Waals surface area contributed by atoms with Gasteiger partial charge in [-0.3, -0.25) is 14.4 Å². The van der Waals surface area contributed by atoms with Gasteiger partial charge >= 0.3 is 5.97 Å². The van der Waals surface area contributed by atoms with Crippen molar-refractivity contribution in [1.82, 2.24) is 4.90 Å².